The molecule has 0 unspecified atom stereocenters. The summed E-state index contributed by atoms with van der Waals surface area (Å²) >= 11 is -2.47. The molecule has 56 heavy (non-hydrogen) atoms. The number of aryl methyl sites for hydroxylation is 8. The van der Waals surface area contributed by atoms with Crippen LogP contribution in [0.25, 0.3) is 44.5 Å². The van der Waals surface area contributed by atoms with Gasteiger partial charge < -0.3 is 7.58 Å². The van der Waals surface area contributed by atoms with Crippen molar-refractivity contribution in [1.82, 2.24) is 0 Å². The average molecular weight is 757 g/mol. The van der Waals surface area contributed by atoms with E-state index < -0.39 is 14.8 Å². The smallest absolute Gasteiger partial charge is 0.611 e. The maximum absolute atomic E-state index is 7.55. The van der Waals surface area contributed by atoms with Gasteiger partial charge in [0, 0.05) is 22.3 Å². The van der Waals surface area contributed by atoms with Crippen LogP contribution in [-0.4, -0.2) is 14.8 Å². The molecule has 0 aromatic heterocycles. The Hall–Kier alpha value is -4.55. The van der Waals surface area contributed by atoms with E-state index in [4.69, 9.17) is 7.58 Å². The van der Waals surface area contributed by atoms with Gasteiger partial charge in [-0.05, 0) is 126 Å². The fourth-order valence-electron chi connectivity index (χ4n) is 8.84. The van der Waals surface area contributed by atoms with Crippen LogP contribution in [-0.2, 0) is 25.7 Å². The SMILES string of the molecule is CCCc1ccccc1-c1c(C)cc(C)c(-c2ccccc2CCC)c1[O][Al]([CH3])[O]c1c(-c2ccccc2CCC)c(C)cc(C)c1-c1ccccc1CCC. The van der Waals surface area contributed by atoms with E-state index in [9.17, 15) is 0 Å². The molecule has 0 aliphatic rings. The summed E-state index contributed by atoms with van der Waals surface area (Å²) in [6.45, 7) is 18.1. The van der Waals surface area contributed by atoms with E-state index in [2.05, 4.69) is 170 Å². The first kappa shape index (κ1) is 41.1. The second kappa shape index (κ2) is 19.1. The summed E-state index contributed by atoms with van der Waals surface area (Å²) in [6.07, 6.45) is 8.36. The highest BCUT2D eigenvalue weighted by Crippen LogP contribution is 2.49. The Morgan fingerprint density at radius 1 is 0.375 bits per heavy atom. The molecule has 6 aromatic carbocycles. The van der Waals surface area contributed by atoms with Crippen LogP contribution in [0.2, 0.25) is 5.79 Å². The van der Waals surface area contributed by atoms with Gasteiger partial charge in [-0.1, -0.05) is 163 Å². The Balaban J connectivity index is 1.62. The molecular formula is C53H61AlO2. The van der Waals surface area contributed by atoms with Gasteiger partial charge in [-0.25, -0.2) is 0 Å². The molecule has 0 bridgehead atoms. The summed E-state index contributed by atoms with van der Waals surface area (Å²) in [5, 5.41) is 0. The van der Waals surface area contributed by atoms with Crippen LogP contribution in [0.3, 0.4) is 0 Å². The largest absolute Gasteiger partial charge is 0.853 e. The monoisotopic (exact) mass is 756 g/mol. The number of hydrogen-bond donors (Lipinski definition) is 0. The first-order valence-corrected chi connectivity index (χ1v) is 23.3. The average Bonchev–Trinajstić information content (AvgIpc) is 3.17. The van der Waals surface area contributed by atoms with Gasteiger partial charge in [-0.3, -0.25) is 0 Å². The van der Waals surface area contributed by atoms with Gasteiger partial charge in [-0.15, -0.1) is 0 Å². The zero-order chi connectivity index (χ0) is 39.8. The molecule has 3 heteroatoms. The summed E-state index contributed by atoms with van der Waals surface area (Å²) in [6, 6.07) is 40.5. The molecule has 0 aliphatic heterocycles. The van der Waals surface area contributed by atoms with Crippen molar-refractivity contribution in [3.63, 3.8) is 0 Å². The molecule has 0 heterocycles. The lowest BCUT2D eigenvalue weighted by Gasteiger charge is -2.28. The van der Waals surface area contributed by atoms with Crippen molar-refractivity contribution in [3.05, 3.63) is 154 Å². The van der Waals surface area contributed by atoms with Crippen LogP contribution in [0.15, 0.2) is 109 Å². The summed E-state index contributed by atoms with van der Waals surface area (Å²) < 4.78 is 15.1. The molecule has 0 saturated heterocycles. The van der Waals surface area contributed by atoms with Crippen molar-refractivity contribution in [2.45, 2.75) is 113 Å². The first-order valence-electron chi connectivity index (χ1n) is 21.2. The summed E-state index contributed by atoms with van der Waals surface area (Å²) in [5.41, 5.74) is 20.1. The highest BCUT2D eigenvalue weighted by atomic mass is 27.2. The Kier molecular flexibility index (Phi) is 14.0. The first-order chi connectivity index (χ1) is 27.2. The van der Waals surface area contributed by atoms with Crippen LogP contribution >= 0.6 is 0 Å². The second-order valence-corrected chi connectivity index (χ2v) is 17.2. The highest BCUT2D eigenvalue weighted by molar-refractivity contribution is 6.45. The Morgan fingerprint density at radius 2 is 0.607 bits per heavy atom. The Labute approximate surface area is 343 Å². The third-order valence-corrected chi connectivity index (χ3v) is 12.3. The standard InChI is InChI=1S/2C26H30O.CH3.Al/c2*1-5-11-20-13-7-9-15-22(20)24-18(3)17-19(4)25(26(24)27)23-16-10-8-14-21(23)12-6-2;;/h2*7-10,13-17,27H,5-6,11-12H2,1-4H3;1H3;/q;;;+2/p-2. The molecule has 0 spiro atoms. The number of hydrogen-bond acceptors (Lipinski definition) is 2. The zero-order valence-corrected chi connectivity index (χ0v) is 36.6. The Morgan fingerprint density at radius 3 is 0.839 bits per heavy atom. The molecule has 0 atom stereocenters. The van der Waals surface area contributed by atoms with Crippen LogP contribution in [0.4, 0.5) is 0 Å². The lowest BCUT2D eigenvalue weighted by atomic mass is 9.86. The summed E-state index contributed by atoms with van der Waals surface area (Å²) in [7, 11) is 0. The molecule has 6 aromatic rings. The fourth-order valence-corrected chi connectivity index (χ4v) is 10.0. The quantitative estimate of drug-likeness (QED) is 0.0916. The van der Waals surface area contributed by atoms with E-state index in [0.717, 1.165) is 62.9 Å². The van der Waals surface area contributed by atoms with Gasteiger partial charge in [0.2, 0.25) is 0 Å². The number of rotatable bonds is 16. The van der Waals surface area contributed by atoms with Gasteiger partial charge in [0.25, 0.3) is 0 Å². The third kappa shape index (κ3) is 8.71. The topological polar surface area (TPSA) is 18.5 Å². The third-order valence-electron chi connectivity index (χ3n) is 11.1. The molecule has 0 radical (unpaired) electrons. The molecule has 0 fully saturated rings. The van der Waals surface area contributed by atoms with Gasteiger partial charge in [0.1, 0.15) is 0 Å². The van der Waals surface area contributed by atoms with Gasteiger partial charge in [0.15, 0.2) is 0 Å². The molecular weight excluding hydrogens is 696 g/mol. The van der Waals surface area contributed by atoms with Crippen molar-refractivity contribution in [2.75, 3.05) is 0 Å². The summed E-state index contributed by atoms with van der Waals surface area (Å²) in [4.78, 5) is 0. The lowest BCUT2D eigenvalue weighted by molar-refractivity contribution is 0.434. The van der Waals surface area contributed by atoms with Crippen molar-refractivity contribution >= 4 is 14.8 Å². The minimum Gasteiger partial charge on any atom is -0.611 e. The predicted octanol–water partition coefficient (Wildman–Crippen LogP) is 15.0. The van der Waals surface area contributed by atoms with E-state index in [1.807, 2.05) is 0 Å². The number of benzene rings is 6. The van der Waals surface area contributed by atoms with E-state index in [0.29, 0.717) is 0 Å². The van der Waals surface area contributed by atoms with Crippen molar-refractivity contribution in [1.29, 1.82) is 0 Å². The van der Waals surface area contributed by atoms with Crippen molar-refractivity contribution in [3.8, 4) is 56.0 Å². The van der Waals surface area contributed by atoms with Gasteiger partial charge in [-0.2, -0.15) is 0 Å². The van der Waals surface area contributed by atoms with Crippen molar-refractivity contribution < 1.29 is 7.58 Å². The highest BCUT2D eigenvalue weighted by Gasteiger charge is 2.33. The Bertz CT molecular complexity index is 1970. The molecule has 0 N–H and O–H groups in total. The van der Waals surface area contributed by atoms with Gasteiger partial charge >= 0.3 is 14.8 Å². The van der Waals surface area contributed by atoms with E-state index in [1.165, 1.54) is 89.0 Å². The lowest BCUT2D eigenvalue weighted by Crippen LogP contribution is -2.27. The van der Waals surface area contributed by atoms with E-state index in [1.54, 1.807) is 0 Å². The van der Waals surface area contributed by atoms with E-state index >= 15 is 0 Å². The van der Waals surface area contributed by atoms with Crippen molar-refractivity contribution in [2.24, 2.45) is 0 Å². The zero-order valence-electron chi connectivity index (χ0n) is 35.4. The summed E-state index contributed by atoms with van der Waals surface area (Å²) in [5.74, 6) is 4.14. The van der Waals surface area contributed by atoms with Gasteiger partial charge in [0.05, 0.1) is 11.5 Å². The van der Waals surface area contributed by atoms with Crippen LogP contribution in [0, 0.1) is 27.7 Å². The maximum atomic E-state index is 7.55. The maximum Gasteiger partial charge on any atom is 0.853 e. The molecule has 288 valence electrons. The fraction of sp³-hybridized carbons (Fsp3) is 0.321. The minimum absolute atomic E-state index is 0.957. The molecule has 2 nitrogen and oxygen atoms in total. The molecule has 0 saturated carbocycles. The van der Waals surface area contributed by atoms with Crippen LogP contribution in [0.1, 0.15) is 97.9 Å². The van der Waals surface area contributed by atoms with Crippen LogP contribution in [0.5, 0.6) is 11.5 Å². The molecule has 6 rings (SSSR count). The van der Waals surface area contributed by atoms with Crippen LogP contribution < -0.4 is 7.58 Å². The second-order valence-electron chi connectivity index (χ2n) is 15.6. The molecule has 0 amide bonds. The molecule has 0 aliphatic carbocycles. The van der Waals surface area contributed by atoms with E-state index in [-0.39, 0.29) is 0 Å². The normalized spacial score (nSPS) is 11.2. The minimum atomic E-state index is -2.47. The predicted molar refractivity (Wildman–Crippen MR) is 242 cm³/mol.